The number of allylic oxidation sites excluding steroid dienone is 2. The maximum absolute atomic E-state index is 3.68. The third-order valence-corrected chi connectivity index (χ3v) is 2.42. The van der Waals surface area contributed by atoms with Gasteiger partial charge in [0.2, 0.25) is 0 Å². The molecule has 1 aromatic carbocycles. The summed E-state index contributed by atoms with van der Waals surface area (Å²) in [6, 6.07) is 10.5. The van der Waals surface area contributed by atoms with Crippen LogP contribution in [0.25, 0.3) is 0 Å². The molecule has 0 aliphatic carbocycles. The Morgan fingerprint density at radius 1 is 1.17 bits per heavy atom. The van der Waals surface area contributed by atoms with Crippen LogP contribution in [0.15, 0.2) is 67.3 Å². The first-order valence-corrected chi connectivity index (χ1v) is 6.47. The van der Waals surface area contributed by atoms with Crippen LogP contribution in [0.5, 0.6) is 0 Å². The molecular formula is C17H25N. The lowest BCUT2D eigenvalue weighted by Crippen LogP contribution is -2.14. The van der Waals surface area contributed by atoms with Crippen LogP contribution in [0, 0.1) is 0 Å². The zero-order chi connectivity index (χ0) is 13.6. The summed E-state index contributed by atoms with van der Waals surface area (Å²) >= 11 is 0. The van der Waals surface area contributed by atoms with E-state index in [9.17, 15) is 0 Å². The van der Waals surface area contributed by atoms with E-state index in [4.69, 9.17) is 0 Å². The molecule has 18 heavy (non-hydrogen) atoms. The first-order valence-electron chi connectivity index (χ1n) is 6.47. The van der Waals surface area contributed by atoms with Gasteiger partial charge in [-0.3, -0.25) is 0 Å². The number of likely N-dealkylation sites (N-methyl/N-ethyl adjacent to an activating group) is 1. The van der Waals surface area contributed by atoms with Crippen LogP contribution in [0.3, 0.4) is 0 Å². The van der Waals surface area contributed by atoms with Gasteiger partial charge in [-0.1, -0.05) is 75.6 Å². The van der Waals surface area contributed by atoms with Crippen LogP contribution >= 0.6 is 0 Å². The lowest BCUT2D eigenvalue weighted by molar-refractivity contribution is 0.785. The Morgan fingerprint density at radius 3 is 2.22 bits per heavy atom. The van der Waals surface area contributed by atoms with Crippen molar-refractivity contribution in [2.45, 2.75) is 20.3 Å². The van der Waals surface area contributed by atoms with Crippen molar-refractivity contribution >= 4 is 0 Å². The van der Waals surface area contributed by atoms with E-state index in [2.05, 4.69) is 56.6 Å². The molecule has 0 aliphatic rings. The zero-order valence-electron chi connectivity index (χ0n) is 11.7. The number of nitrogens with one attached hydrogen (secondary N) is 1. The molecule has 0 aliphatic heterocycles. The molecule has 0 spiro atoms. The third kappa shape index (κ3) is 8.54. The van der Waals surface area contributed by atoms with Gasteiger partial charge >= 0.3 is 0 Å². The van der Waals surface area contributed by atoms with Gasteiger partial charge in [-0.05, 0) is 24.1 Å². The lowest BCUT2D eigenvalue weighted by Gasteiger charge is -1.99. The Labute approximate surface area is 112 Å². The van der Waals surface area contributed by atoms with Crippen LogP contribution in [0.1, 0.15) is 19.4 Å². The molecule has 0 atom stereocenters. The summed E-state index contributed by atoms with van der Waals surface area (Å²) in [5, 5.41) is 3.20. The average molecular weight is 243 g/mol. The Morgan fingerprint density at radius 2 is 1.83 bits per heavy atom. The van der Waals surface area contributed by atoms with Crippen molar-refractivity contribution in [3.05, 3.63) is 72.9 Å². The van der Waals surface area contributed by atoms with Crippen LogP contribution in [0.4, 0.5) is 0 Å². The average Bonchev–Trinajstić information content (AvgIpc) is 2.45. The molecule has 1 nitrogen and oxygen atoms in total. The number of benzene rings is 1. The van der Waals surface area contributed by atoms with E-state index in [1.807, 2.05) is 18.2 Å². The fraction of sp³-hybridized carbons (Fsp3) is 0.294. The van der Waals surface area contributed by atoms with Crippen molar-refractivity contribution in [2.75, 3.05) is 13.1 Å². The monoisotopic (exact) mass is 243 g/mol. The molecule has 0 radical (unpaired) electrons. The molecule has 0 heterocycles. The molecule has 0 amide bonds. The minimum Gasteiger partial charge on any atom is -0.313 e. The summed E-state index contributed by atoms with van der Waals surface area (Å²) in [5.41, 5.74) is 2.59. The van der Waals surface area contributed by atoms with Gasteiger partial charge in [0, 0.05) is 6.54 Å². The SMILES string of the molecule is C=C/C=C(\C=C)CNCC.CCc1ccccc1. The number of hydrogen-bond acceptors (Lipinski definition) is 1. The van der Waals surface area contributed by atoms with E-state index in [1.165, 1.54) is 11.1 Å². The second-order valence-electron chi connectivity index (χ2n) is 3.80. The highest BCUT2D eigenvalue weighted by Gasteiger charge is 1.85. The quantitative estimate of drug-likeness (QED) is 0.740. The molecule has 1 heteroatoms. The van der Waals surface area contributed by atoms with E-state index in [1.54, 1.807) is 6.08 Å². The Hall–Kier alpha value is -1.60. The van der Waals surface area contributed by atoms with Crippen LogP contribution in [-0.4, -0.2) is 13.1 Å². The highest BCUT2D eigenvalue weighted by molar-refractivity contribution is 5.22. The fourth-order valence-electron chi connectivity index (χ4n) is 1.33. The molecule has 0 aromatic heterocycles. The molecule has 0 saturated carbocycles. The van der Waals surface area contributed by atoms with Gasteiger partial charge in [0.25, 0.3) is 0 Å². The van der Waals surface area contributed by atoms with E-state index >= 15 is 0 Å². The number of hydrogen-bond donors (Lipinski definition) is 1. The van der Waals surface area contributed by atoms with Gasteiger partial charge in [-0.2, -0.15) is 0 Å². The largest absolute Gasteiger partial charge is 0.313 e. The molecule has 98 valence electrons. The summed E-state index contributed by atoms with van der Waals surface area (Å²) in [7, 11) is 0. The molecule has 1 rings (SSSR count). The van der Waals surface area contributed by atoms with E-state index < -0.39 is 0 Å². The zero-order valence-corrected chi connectivity index (χ0v) is 11.7. The molecule has 0 saturated heterocycles. The Balaban J connectivity index is 0.000000327. The van der Waals surface area contributed by atoms with Crippen molar-refractivity contribution in [2.24, 2.45) is 0 Å². The smallest absolute Gasteiger partial charge is 0.0205 e. The van der Waals surface area contributed by atoms with Crippen molar-refractivity contribution in [1.29, 1.82) is 0 Å². The Kier molecular flexibility index (Phi) is 10.8. The van der Waals surface area contributed by atoms with Crippen LogP contribution < -0.4 is 5.32 Å². The standard InChI is InChI=1S/C9H15N.C8H10/c1-4-7-9(5-2)8-10-6-3;1-2-8-6-4-3-5-7-8/h4-5,7,10H,1-2,6,8H2,3H3;3-7H,2H2,1H3/b9-7+;. The molecule has 1 aromatic rings. The Bertz CT molecular complexity index is 349. The van der Waals surface area contributed by atoms with Gasteiger partial charge in [-0.15, -0.1) is 0 Å². The summed E-state index contributed by atoms with van der Waals surface area (Å²) in [5.74, 6) is 0. The molecular weight excluding hydrogens is 218 g/mol. The highest BCUT2D eigenvalue weighted by Crippen LogP contribution is 1.96. The highest BCUT2D eigenvalue weighted by atomic mass is 14.8. The third-order valence-electron chi connectivity index (χ3n) is 2.42. The number of rotatable bonds is 6. The van der Waals surface area contributed by atoms with Gasteiger partial charge in [0.05, 0.1) is 0 Å². The van der Waals surface area contributed by atoms with Gasteiger partial charge < -0.3 is 5.32 Å². The predicted molar refractivity (Wildman–Crippen MR) is 82.8 cm³/mol. The van der Waals surface area contributed by atoms with E-state index in [-0.39, 0.29) is 0 Å². The molecule has 0 fully saturated rings. The maximum Gasteiger partial charge on any atom is 0.0205 e. The van der Waals surface area contributed by atoms with Crippen molar-refractivity contribution in [1.82, 2.24) is 5.32 Å². The topological polar surface area (TPSA) is 12.0 Å². The minimum absolute atomic E-state index is 0.881. The molecule has 0 bridgehead atoms. The van der Waals surface area contributed by atoms with E-state index in [0.717, 1.165) is 19.5 Å². The van der Waals surface area contributed by atoms with Crippen LogP contribution in [0.2, 0.25) is 0 Å². The summed E-state index contributed by atoms with van der Waals surface area (Å²) in [6.45, 7) is 13.4. The molecule has 0 unspecified atom stereocenters. The summed E-state index contributed by atoms with van der Waals surface area (Å²) in [6.07, 6.45) is 6.70. The second-order valence-corrected chi connectivity index (χ2v) is 3.80. The van der Waals surface area contributed by atoms with Gasteiger partial charge in [0.1, 0.15) is 0 Å². The van der Waals surface area contributed by atoms with Crippen molar-refractivity contribution in [3.8, 4) is 0 Å². The van der Waals surface area contributed by atoms with Gasteiger partial charge in [0.15, 0.2) is 0 Å². The van der Waals surface area contributed by atoms with Gasteiger partial charge in [-0.25, -0.2) is 0 Å². The lowest BCUT2D eigenvalue weighted by atomic mass is 10.2. The normalized spacial score (nSPS) is 10.2. The first-order chi connectivity index (χ1) is 8.78. The summed E-state index contributed by atoms with van der Waals surface area (Å²) in [4.78, 5) is 0. The first kappa shape index (κ1) is 16.4. The number of aryl methyl sites for hydroxylation is 1. The molecule has 1 N–H and O–H groups in total. The summed E-state index contributed by atoms with van der Waals surface area (Å²) < 4.78 is 0. The second kappa shape index (κ2) is 11.9. The minimum atomic E-state index is 0.881. The predicted octanol–water partition coefficient (Wildman–Crippen LogP) is 4.14. The van der Waals surface area contributed by atoms with Crippen molar-refractivity contribution < 1.29 is 0 Å². The fourth-order valence-corrected chi connectivity index (χ4v) is 1.33. The van der Waals surface area contributed by atoms with Crippen LogP contribution in [-0.2, 0) is 6.42 Å². The van der Waals surface area contributed by atoms with Crippen molar-refractivity contribution in [3.63, 3.8) is 0 Å². The van der Waals surface area contributed by atoms with E-state index in [0.29, 0.717) is 0 Å². The maximum atomic E-state index is 3.68.